The normalized spacial score (nSPS) is 12.0. The smallest absolute Gasteiger partial charge is 0.258 e. The van der Waals surface area contributed by atoms with Gasteiger partial charge in [-0.15, -0.1) is 5.10 Å². The average Bonchev–Trinajstić information content (AvgIpc) is 3.22. The van der Waals surface area contributed by atoms with Gasteiger partial charge in [-0.05, 0) is 13.0 Å². The Bertz CT molecular complexity index is 1120. The van der Waals surface area contributed by atoms with Gasteiger partial charge in [-0.2, -0.15) is 18.3 Å². The molecular formula is C16H11ClF3N7. The number of nitrogens with one attached hydrogen (secondary N) is 1. The largest absolute Gasteiger partial charge is 0.453 e. The highest BCUT2D eigenvalue weighted by atomic mass is 35.5. The lowest BCUT2D eigenvalue weighted by atomic mass is 10.2. The molecule has 0 amide bonds. The van der Waals surface area contributed by atoms with Gasteiger partial charge >= 0.3 is 6.18 Å². The molecule has 0 saturated heterocycles. The van der Waals surface area contributed by atoms with Gasteiger partial charge in [0.15, 0.2) is 5.82 Å². The van der Waals surface area contributed by atoms with Crippen LogP contribution in [0.25, 0.3) is 22.4 Å². The van der Waals surface area contributed by atoms with Gasteiger partial charge in [0, 0.05) is 23.3 Å². The lowest BCUT2D eigenvalue weighted by Gasteiger charge is -2.04. The molecule has 0 atom stereocenters. The fraction of sp³-hybridized carbons (Fsp3) is 0.188. The van der Waals surface area contributed by atoms with Gasteiger partial charge in [0.2, 0.25) is 0 Å². The standard InChI is InChI=1S/C16H11ClF3N7/c1-8-21-5-9(6-22-8)7-27-13-10(3-2-4-11(13)17)12(26-27)14-23-15(25-24-14)16(18,19)20/h2-6H,7H2,1H3,(H,23,24,25). The van der Waals surface area contributed by atoms with Gasteiger partial charge in [0.1, 0.15) is 11.5 Å². The first-order valence-corrected chi connectivity index (χ1v) is 8.13. The molecule has 0 saturated carbocycles. The van der Waals surface area contributed by atoms with Crippen LogP contribution in [-0.2, 0) is 12.7 Å². The summed E-state index contributed by atoms with van der Waals surface area (Å²) in [6.07, 6.45) is -1.34. The Morgan fingerprint density at radius 3 is 2.59 bits per heavy atom. The predicted octanol–water partition coefficient (Wildman–Crippen LogP) is 3.64. The molecule has 3 heterocycles. The highest BCUT2D eigenvalue weighted by Crippen LogP contribution is 2.33. The Balaban J connectivity index is 1.84. The minimum absolute atomic E-state index is 0.0894. The molecule has 1 aromatic carbocycles. The van der Waals surface area contributed by atoms with Crippen LogP contribution in [0.4, 0.5) is 13.2 Å². The van der Waals surface area contributed by atoms with Crippen LogP contribution in [0.5, 0.6) is 0 Å². The van der Waals surface area contributed by atoms with Crippen LogP contribution in [0.1, 0.15) is 17.2 Å². The second-order valence-electron chi connectivity index (χ2n) is 5.79. The summed E-state index contributed by atoms with van der Waals surface area (Å²) in [5.41, 5.74) is 1.56. The van der Waals surface area contributed by atoms with Crippen molar-refractivity contribution in [3.63, 3.8) is 0 Å². The van der Waals surface area contributed by atoms with Gasteiger partial charge in [-0.3, -0.25) is 9.78 Å². The third-order valence-corrected chi connectivity index (χ3v) is 4.16. The number of para-hydroxylation sites is 1. The molecule has 0 aliphatic rings. The van der Waals surface area contributed by atoms with Gasteiger partial charge in [-0.25, -0.2) is 15.0 Å². The molecule has 27 heavy (non-hydrogen) atoms. The number of aromatic nitrogens is 7. The molecule has 0 bridgehead atoms. The molecule has 11 heteroatoms. The molecule has 4 rings (SSSR count). The summed E-state index contributed by atoms with van der Waals surface area (Å²) in [5, 5.41) is 10.9. The zero-order valence-electron chi connectivity index (χ0n) is 13.8. The number of rotatable bonds is 3. The molecule has 0 aliphatic heterocycles. The molecule has 1 N–H and O–H groups in total. The number of alkyl halides is 3. The van der Waals surface area contributed by atoms with Gasteiger partial charge in [-0.1, -0.05) is 23.7 Å². The Kier molecular flexibility index (Phi) is 4.06. The van der Waals surface area contributed by atoms with Crippen molar-refractivity contribution >= 4 is 22.5 Å². The Labute approximate surface area is 155 Å². The van der Waals surface area contributed by atoms with Crippen LogP contribution in [0.2, 0.25) is 5.02 Å². The zero-order valence-corrected chi connectivity index (χ0v) is 14.5. The topological polar surface area (TPSA) is 85.2 Å². The van der Waals surface area contributed by atoms with E-state index in [4.69, 9.17) is 11.6 Å². The molecule has 138 valence electrons. The maximum atomic E-state index is 12.8. The number of nitrogens with zero attached hydrogens (tertiary/aromatic N) is 6. The van der Waals surface area contributed by atoms with E-state index in [-0.39, 0.29) is 11.5 Å². The van der Waals surface area contributed by atoms with Crippen molar-refractivity contribution in [1.29, 1.82) is 0 Å². The van der Waals surface area contributed by atoms with Crippen LogP contribution in [0, 0.1) is 6.92 Å². The van der Waals surface area contributed by atoms with E-state index in [0.29, 0.717) is 28.3 Å². The SMILES string of the molecule is Cc1ncc(Cn2nc(-c3nc(C(F)(F)F)n[nH]3)c3cccc(Cl)c32)cn1. The maximum absolute atomic E-state index is 12.8. The van der Waals surface area contributed by atoms with Crippen molar-refractivity contribution in [3.8, 4) is 11.5 Å². The average molecular weight is 394 g/mol. The number of halogens is 4. The second-order valence-corrected chi connectivity index (χ2v) is 6.19. The number of fused-ring (bicyclic) bond motifs is 1. The first-order valence-electron chi connectivity index (χ1n) is 7.75. The fourth-order valence-electron chi connectivity index (χ4n) is 2.65. The molecule has 4 aromatic rings. The summed E-state index contributed by atoms with van der Waals surface area (Å²) in [6, 6.07) is 5.08. The maximum Gasteiger partial charge on any atom is 0.453 e. The summed E-state index contributed by atoms with van der Waals surface area (Å²) in [6.45, 7) is 2.06. The van der Waals surface area contributed by atoms with Gasteiger partial charge < -0.3 is 0 Å². The van der Waals surface area contributed by atoms with E-state index in [9.17, 15) is 13.2 Å². The van der Waals surface area contributed by atoms with Crippen molar-refractivity contribution in [2.45, 2.75) is 19.6 Å². The monoisotopic (exact) mass is 393 g/mol. The third kappa shape index (κ3) is 3.23. The molecule has 3 aromatic heterocycles. The van der Waals surface area contributed by atoms with Crippen molar-refractivity contribution < 1.29 is 13.2 Å². The molecule has 0 aliphatic carbocycles. The summed E-state index contributed by atoms with van der Waals surface area (Å²) in [7, 11) is 0. The van der Waals surface area contributed by atoms with Gasteiger partial charge in [0.25, 0.3) is 5.82 Å². The summed E-state index contributed by atoms with van der Waals surface area (Å²) < 4.78 is 40.0. The zero-order chi connectivity index (χ0) is 19.2. The van der Waals surface area contributed by atoms with Gasteiger partial charge in [0.05, 0.1) is 17.1 Å². The highest BCUT2D eigenvalue weighted by Gasteiger charge is 2.36. The van der Waals surface area contributed by atoms with E-state index in [1.165, 1.54) is 0 Å². The molecule has 0 radical (unpaired) electrons. The quantitative estimate of drug-likeness (QED) is 0.574. The summed E-state index contributed by atoms with van der Waals surface area (Å²) in [4.78, 5) is 11.8. The molecule has 0 unspecified atom stereocenters. The van der Waals surface area contributed by atoms with Crippen LogP contribution in [-0.4, -0.2) is 34.9 Å². The minimum atomic E-state index is -4.65. The number of hydrogen-bond acceptors (Lipinski definition) is 5. The Morgan fingerprint density at radius 1 is 1.19 bits per heavy atom. The van der Waals surface area contributed by atoms with Crippen molar-refractivity contribution in [1.82, 2.24) is 34.9 Å². The predicted molar refractivity (Wildman–Crippen MR) is 91.0 cm³/mol. The molecule has 7 nitrogen and oxygen atoms in total. The van der Waals surface area contributed by atoms with E-state index < -0.39 is 12.0 Å². The summed E-state index contributed by atoms with van der Waals surface area (Å²) in [5.74, 6) is -0.716. The van der Waals surface area contributed by atoms with E-state index >= 15 is 0 Å². The van der Waals surface area contributed by atoms with E-state index in [1.807, 2.05) is 0 Å². The fourth-order valence-corrected chi connectivity index (χ4v) is 2.92. The number of benzene rings is 1. The van der Waals surface area contributed by atoms with Crippen molar-refractivity contribution in [3.05, 3.63) is 52.8 Å². The van der Waals surface area contributed by atoms with Crippen LogP contribution < -0.4 is 0 Å². The lowest BCUT2D eigenvalue weighted by molar-refractivity contribution is -0.144. The number of H-pyrrole nitrogens is 1. The Hall–Kier alpha value is -3.01. The van der Waals surface area contributed by atoms with Crippen molar-refractivity contribution in [2.75, 3.05) is 0 Å². The third-order valence-electron chi connectivity index (χ3n) is 3.85. The molecule has 0 spiro atoms. The van der Waals surface area contributed by atoms with E-state index in [1.54, 1.807) is 42.2 Å². The highest BCUT2D eigenvalue weighted by molar-refractivity contribution is 6.35. The summed E-state index contributed by atoms with van der Waals surface area (Å²) >= 11 is 6.31. The first-order chi connectivity index (χ1) is 12.8. The first kappa shape index (κ1) is 17.4. The van der Waals surface area contributed by atoms with Crippen molar-refractivity contribution in [2.24, 2.45) is 0 Å². The van der Waals surface area contributed by atoms with E-state index in [0.717, 1.165) is 5.56 Å². The van der Waals surface area contributed by atoms with E-state index in [2.05, 4.69) is 30.2 Å². The van der Waals surface area contributed by atoms with Crippen LogP contribution in [0.15, 0.2) is 30.6 Å². The number of aromatic amines is 1. The number of hydrogen-bond donors (Lipinski definition) is 1. The molecule has 0 fully saturated rings. The Morgan fingerprint density at radius 2 is 1.93 bits per heavy atom. The molecular weight excluding hydrogens is 383 g/mol. The minimum Gasteiger partial charge on any atom is -0.258 e. The second kappa shape index (κ2) is 6.31. The number of aryl methyl sites for hydroxylation is 1. The lowest BCUT2D eigenvalue weighted by Crippen LogP contribution is -2.07. The van der Waals surface area contributed by atoms with Crippen LogP contribution in [0.3, 0.4) is 0 Å². The van der Waals surface area contributed by atoms with Crippen LogP contribution >= 0.6 is 11.6 Å².